The minimum absolute atomic E-state index is 0.112. The van der Waals surface area contributed by atoms with Crippen LogP contribution in [0, 0.1) is 0 Å². The normalized spacial score (nSPS) is 13.2. The lowest BCUT2D eigenvalue weighted by Crippen LogP contribution is -2.30. The van der Waals surface area contributed by atoms with Crippen LogP contribution in [0.3, 0.4) is 0 Å². The molecule has 0 saturated heterocycles. The van der Waals surface area contributed by atoms with E-state index in [9.17, 15) is 14.4 Å². The Kier molecular flexibility index (Phi) is 50.6. The molecule has 0 radical (unpaired) electrons. The van der Waals surface area contributed by atoms with Gasteiger partial charge in [-0.1, -0.05) is 238 Å². The highest BCUT2D eigenvalue weighted by atomic mass is 16.6. The number of carbonyl (C=O) groups is 3. The zero-order valence-corrected chi connectivity index (χ0v) is 42.9. The van der Waals surface area contributed by atoms with Gasteiger partial charge in [0.05, 0.1) is 0 Å². The third kappa shape index (κ3) is 52.4. The summed E-state index contributed by atoms with van der Waals surface area (Å²) in [7, 11) is 0. The Hall–Kier alpha value is -4.45. The second-order valence-electron chi connectivity index (χ2n) is 17.2. The molecule has 1 atom stereocenters. The highest BCUT2D eigenvalue weighted by Gasteiger charge is 2.19. The first kappa shape index (κ1) is 62.5. The average Bonchev–Trinajstić information content (AvgIpc) is 3.33. The van der Waals surface area contributed by atoms with Crippen LogP contribution in [-0.2, 0) is 28.6 Å². The van der Waals surface area contributed by atoms with Crippen molar-refractivity contribution in [3.05, 3.63) is 134 Å². The van der Waals surface area contributed by atoms with E-state index in [0.717, 1.165) is 109 Å². The van der Waals surface area contributed by atoms with Crippen molar-refractivity contribution in [1.29, 1.82) is 0 Å². The van der Waals surface area contributed by atoms with E-state index in [1.807, 2.05) is 60.8 Å². The molecule has 0 saturated carbocycles. The molecule has 6 heteroatoms. The summed E-state index contributed by atoms with van der Waals surface area (Å²) in [5.41, 5.74) is 0. The standard InChI is InChI=1S/C61H96O6/c1-4-7-10-13-16-19-22-25-28-30-32-33-36-39-42-45-48-51-54-60(63)66-57-58(56-65-59(62)53-50-47-44-41-38-35-27-24-21-18-15-12-9-6-3)67-61(64)55-52-49-46-43-40-37-34-31-29-26-23-20-17-14-11-8-5-2/h8-9,11-12,14,17-18,20-23,25-26,28-34,37,40,58H,4-7,10,13,15-16,19,24,27,35-36,38-39,41-57H2,1-3H3/b11-8-,12-9-,17-14-,21-18-,23-20-,25-22-,29-26-,30-28-,33-32-,34-31+,40-37-. The van der Waals surface area contributed by atoms with Crippen LogP contribution < -0.4 is 0 Å². The number of unbranched alkanes of at least 4 members (excludes halogenated alkanes) is 20. The summed E-state index contributed by atoms with van der Waals surface area (Å²) in [5.74, 6) is -0.992. The van der Waals surface area contributed by atoms with E-state index in [2.05, 4.69) is 93.7 Å². The summed E-state index contributed by atoms with van der Waals surface area (Å²) < 4.78 is 16.8. The molecule has 6 nitrogen and oxygen atoms in total. The molecule has 0 aliphatic rings. The van der Waals surface area contributed by atoms with Crippen molar-refractivity contribution in [2.45, 2.75) is 219 Å². The highest BCUT2D eigenvalue weighted by Crippen LogP contribution is 2.13. The number of rotatable bonds is 46. The molecule has 376 valence electrons. The van der Waals surface area contributed by atoms with Crippen molar-refractivity contribution in [3.63, 3.8) is 0 Å². The monoisotopic (exact) mass is 925 g/mol. The summed E-state index contributed by atoms with van der Waals surface area (Å²) >= 11 is 0. The first-order chi connectivity index (χ1) is 33.0. The molecule has 1 unspecified atom stereocenters. The van der Waals surface area contributed by atoms with E-state index in [4.69, 9.17) is 14.2 Å². The second kappa shape index (κ2) is 54.2. The van der Waals surface area contributed by atoms with Gasteiger partial charge in [0, 0.05) is 19.3 Å². The molecular formula is C61H96O6. The van der Waals surface area contributed by atoms with E-state index in [0.29, 0.717) is 19.3 Å². The van der Waals surface area contributed by atoms with Crippen molar-refractivity contribution < 1.29 is 28.6 Å². The number of ether oxygens (including phenoxy) is 3. The Morgan fingerprint density at radius 2 is 0.657 bits per heavy atom. The molecule has 0 aliphatic heterocycles. The third-order valence-corrected chi connectivity index (χ3v) is 10.8. The van der Waals surface area contributed by atoms with Gasteiger partial charge >= 0.3 is 17.9 Å². The summed E-state index contributed by atoms with van der Waals surface area (Å²) in [4.78, 5) is 38.1. The lowest BCUT2D eigenvalue weighted by Gasteiger charge is -2.18. The lowest BCUT2D eigenvalue weighted by molar-refractivity contribution is -0.167. The van der Waals surface area contributed by atoms with Crippen LogP contribution in [0.4, 0.5) is 0 Å². The van der Waals surface area contributed by atoms with Gasteiger partial charge in [-0.15, -0.1) is 0 Å². The van der Waals surface area contributed by atoms with Crippen molar-refractivity contribution in [2.75, 3.05) is 13.2 Å². The van der Waals surface area contributed by atoms with Crippen LogP contribution in [0.15, 0.2) is 134 Å². The van der Waals surface area contributed by atoms with Crippen molar-refractivity contribution in [2.24, 2.45) is 0 Å². The Morgan fingerprint density at radius 1 is 0.328 bits per heavy atom. The maximum Gasteiger partial charge on any atom is 0.306 e. The van der Waals surface area contributed by atoms with Gasteiger partial charge in [0.2, 0.25) is 0 Å². The molecule has 0 amide bonds. The van der Waals surface area contributed by atoms with E-state index in [1.165, 1.54) is 57.8 Å². The molecular weight excluding hydrogens is 829 g/mol. The van der Waals surface area contributed by atoms with E-state index < -0.39 is 6.10 Å². The first-order valence-corrected chi connectivity index (χ1v) is 26.8. The molecule has 0 aromatic heterocycles. The van der Waals surface area contributed by atoms with Crippen LogP contribution in [0.25, 0.3) is 0 Å². The largest absolute Gasteiger partial charge is 0.462 e. The summed E-state index contributed by atoms with van der Waals surface area (Å²) in [6.45, 7) is 6.29. The van der Waals surface area contributed by atoms with Gasteiger partial charge in [0.1, 0.15) is 13.2 Å². The predicted molar refractivity (Wildman–Crippen MR) is 288 cm³/mol. The van der Waals surface area contributed by atoms with Crippen molar-refractivity contribution in [3.8, 4) is 0 Å². The zero-order valence-electron chi connectivity index (χ0n) is 42.9. The fourth-order valence-electron chi connectivity index (χ4n) is 6.86. The smallest absolute Gasteiger partial charge is 0.306 e. The Balaban J connectivity index is 4.56. The number of carbonyl (C=O) groups excluding carboxylic acids is 3. The molecule has 0 fully saturated rings. The van der Waals surface area contributed by atoms with Gasteiger partial charge in [0.25, 0.3) is 0 Å². The van der Waals surface area contributed by atoms with Crippen LogP contribution >= 0.6 is 0 Å². The Labute approximate surface area is 411 Å². The minimum atomic E-state index is -0.819. The van der Waals surface area contributed by atoms with Gasteiger partial charge in [-0.3, -0.25) is 14.4 Å². The topological polar surface area (TPSA) is 78.9 Å². The van der Waals surface area contributed by atoms with E-state index in [-0.39, 0.29) is 37.5 Å². The van der Waals surface area contributed by atoms with E-state index in [1.54, 1.807) is 0 Å². The molecule has 0 aromatic rings. The molecule has 67 heavy (non-hydrogen) atoms. The van der Waals surface area contributed by atoms with Gasteiger partial charge in [-0.25, -0.2) is 0 Å². The number of allylic oxidation sites excluding steroid dienone is 22. The first-order valence-electron chi connectivity index (χ1n) is 26.8. The van der Waals surface area contributed by atoms with Gasteiger partial charge < -0.3 is 14.2 Å². The maximum absolute atomic E-state index is 12.8. The van der Waals surface area contributed by atoms with E-state index >= 15 is 0 Å². The maximum atomic E-state index is 12.8. The van der Waals surface area contributed by atoms with Gasteiger partial charge in [-0.2, -0.15) is 0 Å². The predicted octanol–water partition coefficient (Wildman–Crippen LogP) is 17.9. The quantitative estimate of drug-likeness (QED) is 0.0199. The third-order valence-electron chi connectivity index (χ3n) is 10.8. The molecule has 0 heterocycles. The molecule has 0 rings (SSSR count). The number of hydrogen-bond donors (Lipinski definition) is 0. The molecule has 0 aromatic carbocycles. The van der Waals surface area contributed by atoms with Crippen LogP contribution in [0.5, 0.6) is 0 Å². The second-order valence-corrected chi connectivity index (χ2v) is 17.2. The number of hydrogen-bond acceptors (Lipinski definition) is 6. The van der Waals surface area contributed by atoms with Crippen LogP contribution in [-0.4, -0.2) is 37.2 Å². The van der Waals surface area contributed by atoms with Crippen LogP contribution in [0.2, 0.25) is 0 Å². The molecule has 0 aliphatic carbocycles. The lowest BCUT2D eigenvalue weighted by atomic mass is 10.1. The van der Waals surface area contributed by atoms with Crippen LogP contribution in [0.1, 0.15) is 213 Å². The summed E-state index contributed by atoms with van der Waals surface area (Å²) in [6, 6.07) is 0. The summed E-state index contributed by atoms with van der Waals surface area (Å²) in [6.07, 6.45) is 75.7. The van der Waals surface area contributed by atoms with Gasteiger partial charge in [-0.05, 0) is 89.9 Å². The SMILES string of the molecule is CC\C=C/C=C\C=C/C=C\C=C\C=C/CCCCCC(=O)OC(COC(=O)CCCCCCC\C=C/C=C\C=C/CCCCCCC)COC(=O)CCCCCCCCC/C=C\C/C=C\CC. The summed E-state index contributed by atoms with van der Waals surface area (Å²) in [5, 5.41) is 0. The molecule has 0 N–H and O–H groups in total. The zero-order chi connectivity index (χ0) is 48.6. The Morgan fingerprint density at radius 3 is 1.09 bits per heavy atom. The van der Waals surface area contributed by atoms with Gasteiger partial charge in [0.15, 0.2) is 6.10 Å². The average molecular weight is 925 g/mol. The molecule has 0 spiro atoms. The Bertz CT molecular complexity index is 1480. The number of esters is 3. The van der Waals surface area contributed by atoms with Crippen molar-refractivity contribution in [1.82, 2.24) is 0 Å². The fraction of sp³-hybridized carbons (Fsp3) is 0.590. The van der Waals surface area contributed by atoms with Crippen molar-refractivity contribution >= 4 is 17.9 Å². The fourth-order valence-corrected chi connectivity index (χ4v) is 6.86. The molecule has 0 bridgehead atoms. The minimum Gasteiger partial charge on any atom is -0.462 e. The highest BCUT2D eigenvalue weighted by molar-refractivity contribution is 5.71.